The SMILES string of the molecule is Nc1ncc(-c2cccc(C(=O)NCCCN3CCCC3)c2)nc1OCc1cccc(F)c1C(F)(F)F. The van der Waals surface area contributed by atoms with Gasteiger partial charge >= 0.3 is 6.18 Å². The highest BCUT2D eigenvalue weighted by atomic mass is 19.4. The number of benzene rings is 2. The van der Waals surface area contributed by atoms with Crippen LogP contribution in [0.25, 0.3) is 11.3 Å². The summed E-state index contributed by atoms with van der Waals surface area (Å²) < 4.78 is 59.1. The van der Waals surface area contributed by atoms with Gasteiger partial charge in [0.1, 0.15) is 12.4 Å². The second-order valence-electron chi connectivity index (χ2n) is 8.75. The summed E-state index contributed by atoms with van der Waals surface area (Å²) in [5.74, 6) is -1.96. The molecule has 37 heavy (non-hydrogen) atoms. The number of anilines is 1. The molecule has 3 aromatic rings. The summed E-state index contributed by atoms with van der Waals surface area (Å²) in [6.45, 7) is 3.10. The van der Waals surface area contributed by atoms with Crippen molar-refractivity contribution in [2.75, 3.05) is 31.9 Å². The Balaban J connectivity index is 1.43. The Morgan fingerprint density at radius 1 is 1.14 bits per heavy atom. The van der Waals surface area contributed by atoms with Crippen molar-refractivity contribution in [3.8, 4) is 17.1 Å². The molecule has 0 radical (unpaired) electrons. The van der Waals surface area contributed by atoms with Crippen molar-refractivity contribution in [1.29, 1.82) is 0 Å². The normalized spacial score (nSPS) is 14.1. The highest BCUT2D eigenvalue weighted by Crippen LogP contribution is 2.35. The maximum Gasteiger partial charge on any atom is 0.419 e. The number of ether oxygens (including phenoxy) is 1. The summed E-state index contributed by atoms with van der Waals surface area (Å²) >= 11 is 0. The molecule has 0 bridgehead atoms. The zero-order chi connectivity index (χ0) is 26.4. The van der Waals surface area contributed by atoms with Gasteiger partial charge in [-0.3, -0.25) is 4.79 Å². The van der Waals surface area contributed by atoms with Gasteiger partial charge in [-0.25, -0.2) is 14.4 Å². The highest BCUT2D eigenvalue weighted by molar-refractivity contribution is 5.95. The predicted molar refractivity (Wildman–Crippen MR) is 130 cm³/mol. The van der Waals surface area contributed by atoms with Crippen molar-refractivity contribution in [3.63, 3.8) is 0 Å². The van der Waals surface area contributed by atoms with Crippen LogP contribution < -0.4 is 15.8 Å². The molecular formula is C26H27F4N5O2. The molecule has 1 amide bonds. The van der Waals surface area contributed by atoms with Gasteiger partial charge < -0.3 is 20.7 Å². The third-order valence-corrected chi connectivity index (χ3v) is 6.07. The van der Waals surface area contributed by atoms with E-state index in [1.54, 1.807) is 24.3 Å². The lowest BCUT2D eigenvalue weighted by Crippen LogP contribution is -2.28. The Morgan fingerprint density at radius 2 is 1.89 bits per heavy atom. The molecule has 0 spiro atoms. The number of halogens is 4. The van der Waals surface area contributed by atoms with Crippen molar-refractivity contribution in [2.45, 2.75) is 32.0 Å². The Labute approximate surface area is 211 Å². The summed E-state index contributed by atoms with van der Waals surface area (Å²) in [6.07, 6.45) is -0.216. The van der Waals surface area contributed by atoms with E-state index in [-0.39, 0.29) is 17.6 Å². The number of rotatable bonds is 9. The number of aromatic nitrogens is 2. The van der Waals surface area contributed by atoms with Crippen molar-refractivity contribution in [3.05, 3.63) is 71.2 Å². The number of hydrogen-bond donors (Lipinski definition) is 2. The standard InChI is InChI=1S/C26H27F4N5O2/c27-20-9-4-8-19(22(20)26(28,29)30)16-37-25-23(31)33-15-21(34-25)17-6-3-7-18(14-17)24(36)32-10-5-13-35-11-1-2-12-35/h3-4,6-9,14-15H,1-2,5,10-13,16H2,(H2,31,33)(H,32,36). The quantitative estimate of drug-likeness (QED) is 0.316. The van der Waals surface area contributed by atoms with E-state index < -0.39 is 29.7 Å². The largest absolute Gasteiger partial charge is 0.470 e. The molecule has 1 saturated heterocycles. The van der Waals surface area contributed by atoms with Crippen LogP contribution in [-0.2, 0) is 12.8 Å². The number of amides is 1. The van der Waals surface area contributed by atoms with Crippen LogP contribution in [0.1, 0.15) is 40.7 Å². The Morgan fingerprint density at radius 3 is 2.65 bits per heavy atom. The molecule has 11 heteroatoms. The van der Waals surface area contributed by atoms with Gasteiger partial charge in [-0.1, -0.05) is 24.3 Å². The molecule has 7 nitrogen and oxygen atoms in total. The summed E-state index contributed by atoms with van der Waals surface area (Å²) in [6, 6.07) is 9.72. The van der Waals surface area contributed by atoms with Gasteiger partial charge in [-0.2, -0.15) is 13.2 Å². The number of hydrogen-bond acceptors (Lipinski definition) is 6. The number of nitrogens with zero attached hydrogens (tertiary/aromatic N) is 3. The average Bonchev–Trinajstić information content (AvgIpc) is 3.39. The van der Waals surface area contributed by atoms with Gasteiger partial charge in [-0.05, 0) is 57.1 Å². The zero-order valence-corrected chi connectivity index (χ0v) is 20.0. The molecule has 0 atom stereocenters. The Kier molecular flexibility index (Phi) is 8.22. The van der Waals surface area contributed by atoms with E-state index in [2.05, 4.69) is 20.2 Å². The van der Waals surface area contributed by atoms with Gasteiger partial charge in [0.25, 0.3) is 11.8 Å². The monoisotopic (exact) mass is 517 g/mol. The second-order valence-corrected chi connectivity index (χ2v) is 8.75. The predicted octanol–water partition coefficient (Wildman–Crippen LogP) is 4.68. The van der Waals surface area contributed by atoms with Crippen molar-refractivity contribution >= 4 is 11.7 Å². The van der Waals surface area contributed by atoms with Crippen LogP contribution in [0.4, 0.5) is 23.4 Å². The summed E-state index contributed by atoms with van der Waals surface area (Å²) in [5, 5.41) is 2.91. The van der Waals surface area contributed by atoms with Gasteiger partial charge in [0, 0.05) is 23.2 Å². The van der Waals surface area contributed by atoms with E-state index in [1.807, 2.05) is 0 Å². The van der Waals surface area contributed by atoms with Crippen LogP contribution in [-0.4, -0.2) is 47.0 Å². The van der Waals surface area contributed by atoms with E-state index in [9.17, 15) is 22.4 Å². The molecule has 196 valence electrons. The molecule has 1 fully saturated rings. The Bertz CT molecular complexity index is 1250. The molecule has 0 unspecified atom stereocenters. The van der Waals surface area contributed by atoms with E-state index in [0.29, 0.717) is 23.4 Å². The minimum absolute atomic E-state index is 0.138. The van der Waals surface area contributed by atoms with Crippen LogP contribution >= 0.6 is 0 Å². The molecule has 1 aliphatic rings. The number of alkyl halides is 3. The van der Waals surface area contributed by atoms with E-state index in [0.717, 1.165) is 44.3 Å². The molecule has 1 aromatic heterocycles. The first kappa shape index (κ1) is 26.3. The van der Waals surface area contributed by atoms with Crippen LogP contribution in [0.15, 0.2) is 48.7 Å². The first-order valence-electron chi connectivity index (χ1n) is 11.9. The zero-order valence-electron chi connectivity index (χ0n) is 20.0. The smallest absolute Gasteiger partial charge is 0.419 e. The summed E-state index contributed by atoms with van der Waals surface area (Å²) in [4.78, 5) is 23.3. The fourth-order valence-electron chi connectivity index (χ4n) is 4.21. The van der Waals surface area contributed by atoms with Crippen molar-refractivity contribution in [1.82, 2.24) is 20.2 Å². The second kappa shape index (κ2) is 11.5. The maximum absolute atomic E-state index is 13.8. The minimum Gasteiger partial charge on any atom is -0.470 e. The van der Waals surface area contributed by atoms with Crippen LogP contribution in [0.2, 0.25) is 0 Å². The van der Waals surface area contributed by atoms with Gasteiger partial charge in [-0.15, -0.1) is 0 Å². The van der Waals surface area contributed by atoms with Crippen LogP contribution in [0.3, 0.4) is 0 Å². The fraction of sp³-hybridized carbons (Fsp3) is 0.346. The Hall–Kier alpha value is -3.73. The lowest BCUT2D eigenvalue weighted by Gasteiger charge is -2.15. The number of nitrogen functional groups attached to an aromatic ring is 1. The first-order valence-corrected chi connectivity index (χ1v) is 11.9. The summed E-state index contributed by atoms with van der Waals surface area (Å²) in [7, 11) is 0. The van der Waals surface area contributed by atoms with E-state index in [4.69, 9.17) is 10.5 Å². The number of nitrogens with one attached hydrogen (secondary N) is 1. The average molecular weight is 518 g/mol. The number of nitrogens with two attached hydrogens (primary N) is 1. The summed E-state index contributed by atoms with van der Waals surface area (Å²) in [5.41, 5.74) is 5.29. The van der Waals surface area contributed by atoms with Gasteiger partial charge in [0.15, 0.2) is 5.82 Å². The van der Waals surface area contributed by atoms with Crippen LogP contribution in [0, 0.1) is 5.82 Å². The molecule has 4 rings (SSSR count). The van der Waals surface area contributed by atoms with Gasteiger partial charge in [0.05, 0.1) is 17.5 Å². The topological polar surface area (TPSA) is 93.4 Å². The molecule has 1 aliphatic heterocycles. The van der Waals surface area contributed by atoms with Crippen LogP contribution in [0.5, 0.6) is 5.88 Å². The maximum atomic E-state index is 13.8. The van der Waals surface area contributed by atoms with Crippen molar-refractivity contribution < 1.29 is 27.1 Å². The van der Waals surface area contributed by atoms with Crippen molar-refractivity contribution in [2.24, 2.45) is 0 Å². The lowest BCUT2D eigenvalue weighted by molar-refractivity contribution is -0.141. The first-order chi connectivity index (χ1) is 17.7. The van der Waals surface area contributed by atoms with E-state index >= 15 is 0 Å². The highest BCUT2D eigenvalue weighted by Gasteiger charge is 2.36. The number of likely N-dealkylation sites (tertiary alicyclic amines) is 1. The molecule has 0 aliphatic carbocycles. The van der Waals surface area contributed by atoms with E-state index in [1.165, 1.54) is 19.0 Å². The molecule has 0 saturated carbocycles. The molecular weight excluding hydrogens is 490 g/mol. The fourth-order valence-corrected chi connectivity index (χ4v) is 4.21. The molecule has 2 heterocycles. The third kappa shape index (κ3) is 6.73. The number of carbonyl (C=O) groups is 1. The van der Waals surface area contributed by atoms with Gasteiger partial charge in [0.2, 0.25) is 0 Å². The number of carbonyl (C=O) groups excluding carboxylic acids is 1. The third-order valence-electron chi connectivity index (χ3n) is 6.07. The molecule has 3 N–H and O–H groups in total. The minimum atomic E-state index is -4.89. The molecule has 2 aromatic carbocycles. The lowest BCUT2D eigenvalue weighted by atomic mass is 10.1.